The summed E-state index contributed by atoms with van der Waals surface area (Å²) in [5.74, 6) is 5.07. The monoisotopic (exact) mass is 229 g/mol. The number of hydrogen-bond acceptors (Lipinski definition) is 6. The van der Waals surface area contributed by atoms with Gasteiger partial charge in [-0.3, -0.25) is 5.43 Å². The van der Waals surface area contributed by atoms with Crippen molar-refractivity contribution in [3.05, 3.63) is 12.0 Å². The zero-order valence-electron chi connectivity index (χ0n) is 9.07. The Morgan fingerprint density at radius 2 is 2.38 bits per heavy atom. The van der Waals surface area contributed by atoms with Crippen LogP contribution in [-0.2, 0) is 0 Å². The van der Waals surface area contributed by atoms with Crippen LogP contribution in [-0.4, -0.2) is 28.2 Å². The van der Waals surface area contributed by atoms with E-state index in [0.717, 1.165) is 6.20 Å². The fraction of sp³-hybridized carbons (Fsp3) is 0.556. The van der Waals surface area contributed by atoms with E-state index in [1.165, 1.54) is 0 Å². The van der Waals surface area contributed by atoms with Crippen LogP contribution in [0.2, 0.25) is 0 Å². The highest BCUT2D eigenvalue weighted by atomic mass is 19.1. The number of aliphatic hydroxyl groups excluding tert-OH is 1. The minimum Gasteiger partial charge on any atom is -0.396 e. The molecule has 1 unspecified atom stereocenters. The largest absolute Gasteiger partial charge is 0.396 e. The van der Waals surface area contributed by atoms with Crippen molar-refractivity contribution in [2.45, 2.75) is 13.3 Å². The van der Waals surface area contributed by atoms with Gasteiger partial charge in [0, 0.05) is 13.2 Å². The lowest BCUT2D eigenvalue weighted by molar-refractivity contribution is 0.265. The molecule has 1 aromatic rings. The summed E-state index contributed by atoms with van der Waals surface area (Å²) in [5.41, 5.74) is 2.24. The van der Waals surface area contributed by atoms with E-state index >= 15 is 0 Å². The van der Waals surface area contributed by atoms with Crippen molar-refractivity contribution in [3.8, 4) is 0 Å². The molecule has 90 valence electrons. The third-order valence-corrected chi connectivity index (χ3v) is 2.11. The van der Waals surface area contributed by atoms with Gasteiger partial charge in [-0.1, -0.05) is 6.92 Å². The molecule has 0 amide bonds. The van der Waals surface area contributed by atoms with Crippen molar-refractivity contribution in [2.24, 2.45) is 11.8 Å². The number of aromatic nitrogens is 2. The summed E-state index contributed by atoms with van der Waals surface area (Å²) in [6, 6.07) is 0. The van der Waals surface area contributed by atoms with Crippen LogP contribution in [0.25, 0.3) is 0 Å². The summed E-state index contributed by atoms with van der Waals surface area (Å²) in [6.45, 7) is 2.59. The highest BCUT2D eigenvalue weighted by Gasteiger charge is 2.07. The Morgan fingerprint density at radius 3 is 3.00 bits per heavy atom. The lowest BCUT2D eigenvalue weighted by Crippen LogP contribution is -2.16. The molecule has 0 saturated carbocycles. The SMILES string of the molecule is CC(CCO)CNc1nc(NN)ncc1F. The van der Waals surface area contributed by atoms with Gasteiger partial charge in [-0.2, -0.15) is 4.98 Å². The molecule has 6 nitrogen and oxygen atoms in total. The number of nitrogen functional groups attached to an aromatic ring is 1. The molecule has 0 radical (unpaired) electrons. The van der Waals surface area contributed by atoms with Gasteiger partial charge in [-0.15, -0.1) is 0 Å². The topological polar surface area (TPSA) is 96.1 Å². The van der Waals surface area contributed by atoms with E-state index in [4.69, 9.17) is 10.9 Å². The Labute approximate surface area is 93.1 Å². The molecule has 5 N–H and O–H groups in total. The third-order valence-electron chi connectivity index (χ3n) is 2.11. The second-order valence-corrected chi connectivity index (χ2v) is 3.53. The van der Waals surface area contributed by atoms with E-state index < -0.39 is 5.82 Å². The molecule has 0 aromatic carbocycles. The zero-order chi connectivity index (χ0) is 12.0. The van der Waals surface area contributed by atoms with Crippen LogP contribution in [0, 0.1) is 11.7 Å². The third kappa shape index (κ3) is 3.59. The lowest BCUT2D eigenvalue weighted by Gasteiger charge is -2.12. The Hall–Kier alpha value is -1.47. The summed E-state index contributed by atoms with van der Waals surface area (Å²) >= 11 is 0. The lowest BCUT2D eigenvalue weighted by atomic mass is 10.1. The summed E-state index contributed by atoms with van der Waals surface area (Å²) in [6.07, 6.45) is 1.70. The number of aliphatic hydroxyl groups is 1. The van der Waals surface area contributed by atoms with Crippen LogP contribution in [0.5, 0.6) is 0 Å². The second-order valence-electron chi connectivity index (χ2n) is 3.53. The number of rotatable bonds is 6. The van der Waals surface area contributed by atoms with Crippen molar-refractivity contribution in [1.82, 2.24) is 9.97 Å². The highest BCUT2D eigenvalue weighted by molar-refractivity contribution is 5.40. The van der Waals surface area contributed by atoms with Crippen LogP contribution >= 0.6 is 0 Å². The van der Waals surface area contributed by atoms with Gasteiger partial charge in [0.2, 0.25) is 5.95 Å². The summed E-state index contributed by atoms with van der Waals surface area (Å²) in [4.78, 5) is 7.45. The van der Waals surface area contributed by atoms with Gasteiger partial charge in [0.1, 0.15) is 0 Å². The van der Waals surface area contributed by atoms with Crippen molar-refractivity contribution in [3.63, 3.8) is 0 Å². The Bertz CT molecular complexity index is 336. The summed E-state index contributed by atoms with van der Waals surface area (Å²) < 4.78 is 13.2. The summed E-state index contributed by atoms with van der Waals surface area (Å²) in [5, 5.41) is 11.6. The first-order chi connectivity index (χ1) is 7.67. The predicted octanol–water partition coefficient (Wildman–Crippen LogP) is 0.332. The van der Waals surface area contributed by atoms with Crippen LogP contribution in [0.4, 0.5) is 16.2 Å². The fourth-order valence-corrected chi connectivity index (χ4v) is 1.15. The van der Waals surface area contributed by atoms with Gasteiger partial charge in [0.25, 0.3) is 0 Å². The maximum absolute atomic E-state index is 13.2. The van der Waals surface area contributed by atoms with E-state index in [1.54, 1.807) is 0 Å². The quantitative estimate of drug-likeness (QED) is 0.415. The van der Waals surface area contributed by atoms with E-state index in [0.29, 0.717) is 13.0 Å². The number of nitrogens with two attached hydrogens (primary N) is 1. The molecule has 0 saturated heterocycles. The minimum atomic E-state index is -0.532. The zero-order valence-corrected chi connectivity index (χ0v) is 9.07. The molecular weight excluding hydrogens is 213 g/mol. The molecule has 1 aromatic heterocycles. The number of nitrogens with zero attached hydrogens (tertiary/aromatic N) is 2. The molecule has 0 bridgehead atoms. The Balaban J connectivity index is 2.58. The van der Waals surface area contributed by atoms with E-state index in [-0.39, 0.29) is 24.3 Å². The van der Waals surface area contributed by atoms with Crippen LogP contribution in [0.1, 0.15) is 13.3 Å². The molecule has 0 fully saturated rings. The standard InChI is InChI=1S/C9H16FN5O/c1-6(2-3-16)4-12-8-7(10)5-13-9(14-8)15-11/h5-6,16H,2-4,11H2,1H3,(H2,12,13,14,15). The number of hydrogen-bond donors (Lipinski definition) is 4. The normalized spacial score (nSPS) is 12.2. The van der Waals surface area contributed by atoms with Crippen LogP contribution < -0.4 is 16.6 Å². The van der Waals surface area contributed by atoms with Gasteiger partial charge in [-0.25, -0.2) is 15.2 Å². The van der Waals surface area contributed by atoms with Gasteiger partial charge in [0.05, 0.1) is 6.20 Å². The molecule has 16 heavy (non-hydrogen) atoms. The number of anilines is 2. The molecule has 0 aliphatic carbocycles. The van der Waals surface area contributed by atoms with Crippen molar-refractivity contribution >= 4 is 11.8 Å². The molecule has 0 aliphatic heterocycles. The van der Waals surface area contributed by atoms with Crippen molar-refractivity contribution < 1.29 is 9.50 Å². The van der Waals surface area contributed by atoms with Crippen molar-refractivity contribution in [2.75, 3.05) is 23.9 Å². The van der Waals surface area contributed by atoms with Gasteiger partial charge < -0.3 is 10.4 Å². The summed E-state index contributed by atoms with van der Waals surface area (Å²) in [7, 11) is 0. The van der Waals surface area contributed by atoms with E-state index in [2.05, 4.69) is 20.7 Å². The maximum Gasteiger partial charge on any atom is 0.239 e. The van der Waals surface area contributed by atoms with E-state index in [9.17, 15) is 4.39 Å². The van der Waals surface area contributed by atoms with E-state index in [1.807, 2.05) is 6.92 Å². The molecule has 1 heterocycles. The number of hydrazine groups is 1. The van der Waals surface area contributed by atoms with Crippen LogP contribution in [0.3, 0.4) is 0 Å². The van der Waals surface area contributed by atoms with Crippen LogP contribution in [0.15, 0.2) is 6.20 Å². The molecule has 0 aliphatic rings. The number of halogens is 1. The first kappa shape index (κ1) is 12.6. The first-order valence-electron chi connectivity index (χ1n) is 5.01. The molecule has 0 spiro atoms. The molecule has 7 heteroatoms. The average Bonchev–Trinajstić information content (AvgIpc) is 2.28. The Morgan fingerprint density at radius 1 is 1.62 bits per heavy atom. The minimum absolute atomic E-state index is 0.104. The maximum atomic E-state index is 13.2. The van der Waals surface area contributed by atoms with Crippen molar-refractivity contribution in [1.29, 1.82) is 0 Å². The van der Waals surface area contributed by atoms with Gasteiger partial charge in [0.15, 0.2) is 11.6 Å². The Kier molecular flexibility index (Phi) is 4.87. The molecule has 1 atom stereocenters. The van der Waals surface area contributed by atoms with Gasteiger partial charge >= 0.3 is 0 Å². The highest BCUT2D eigenvalue weighted by Crippen LogP contribution is 2.12. The average molecular weight is 229 g/mol. The fourth-order valence-electron chi connectivity index (χ4n) is 1.15. The predicted molar refractivity (Wildman–Crippen MR) is 59.2 cm³/mol. The first-order valence-corrected chi connectivity index (χ1v) is 5.01. The smallest absolute Gasteiger partial charge is 0.239 e. The molecule has 1 rings (SSSR count). The second kappa shape index (κ2) is 6.19. The molecular formula is C9H16FN5O. The number of nitrogens with one attached hydrogen (secondary N) is 2. The van der Waals surface area contributed by atoms with Gasteiger partial charge in [-0.05, 0) is 12.3 Å².